The van der Waals surface area contributed by atoms with E-state index in [4.69, 9.17) is 0 Å². The van der Waals surface area contributed by atoms with Crippen molar-refractivity contribution >= 4 is 5.91 Å². The molecule has 0 saturated carbocycles. The second-order valence-electron chi connectivity index (χ2n) is 4.99. The molecule has 2 unspecified atom stereocenters. The maximum Gasteiger partial charge on any atom is 0.236 e. The van der Waals surface area contributed by atoms with Gasteiger partial charge in [-0.2, -0.15) is 0 Å². The van der Waals surface area contributed by atoms with E-state index in [1.54, 1.807) is 19.0 Å². The van der Waals surface area contributed by atoms with E-state index in [2.05, 4.69) is 4.90 Å². The van der Waals surface area contributed by atoms with E-state index < -0.39 is 0 Å². The molecular weight excluding hydrogens is 204 g/mol. The number of amides is 1. The van der Waals surface area contributed by atoms with E-state index in [1.165, 1.54) is 6.42 Å². The van der Waals surface area contributed by atoms with E-state index in [-0.39, 0.29) is 12.0 Å². The highest BCUT2D eigenvalue weighted by atomic mass is 16.3. The quantitative estimate of drug-likeness (QED) is 0.770. The molecule has 1 aliphatic heterocycles. The molecule has 1 heterocycles. The van der Waals surface area contributed by atoms with Gasteiger partial charge in [-0.25, -0.2) is 0 Å². The second-order valence-corrected chi connectivity index (χ2v) is 4.99. The fourth-order valence-corrected chi connectivity index (χ4v) is 2.24. The van der Waals surface area contributed by atoms with Gasteiger partial charge in [0.05, 0.1) is 12.6 Å². The number of likely N-dealkylation sites (N-methyl/N-ethyl adjacent to an activating group) is 1. The number of carbonyl (C=O) groups is 1. The third-order valence-electron chi connectivity index (χ3n) is 3.20. The lowest BCUT2D eigenvalue weighted by Crippen LogP contribution is -2.46. The van der Waals surface area contributed by atoms with Gasteiger partial charge in [-0.3, -0.25) is 9.69 Å². The number of aliphatic hydroxyl groups excluding tert-OH is 1. The van der Waals surface area contributed by atoms with Gasteiger partial charge in [0.25, 0.3) is 0 Å². The molecule has 94 valence electrons. The topological polar surface area (TPSA) is 43.8 Å². The van der Waals surface area contributed by atoms with E-state index in [1.807, 2.05) is 6.92 Å². The van der Waals surface area contributed by atoms with Crippen LogP contribution in [-0.2, 0) is 4.79 Å². The van der Waals surface area contributed by atoms with Gasteiger partial charge in [0.2, 0.25) is 5.91 Å². The van der Waals surface area contributed by atoms with Crippen LogP contribution in [0.1, 0.15) is 32.6 Å². The molecule has 1 amide bonds. The largest absolute Gasteiger partial charge is 0.393 e. The van der Waals surface area contributed by atoms with Crippen LogP contribution >= 0.6 is 0 Å². The van der Waals surface area contributed by atoms with Crippen LogP contribution in [0.25, 0.3) is 0 Å². The lowest BCUT2D eigenvalue weighted by atomic mass is 9.97. The SMILES string of the molecule is CC(O)CC1CCCCN1CC(=O)N(C)C. The average Bonchev–Trinajstić information content (AvgIpc) is 2.20. The molecule has 1 N–H and O–H groups in total. The summed E-state index contributed by atoms with van der Waals surface area (Å²) >= 11 is 0. The number of nitrogens with zero attached hydrogens (tertiary/aromatic N) is 2. The Morgan fingerprint density at radius 2 is 2.19 bits per heavy atom. The van der Waals surface area contributed by atoms with Gasteiger partial charge in [-0.15, -0.1) is 0 Å². The Kier molecular flexibility index (Phi) is 5.22. The highest BCUT2D eigenvalue weighted by molar-refractivity contribution is 5.77. The summed E-state index contributed by atoms with van der Waals surface area (Å²) < 4.78 is 0. The smallest absolute Gasteiger partial charge is 0.236 e. The standard InChI is InChI=1S/C12H24N2O2/c1-10(15)8-11-6-4-5-7-14(11)9-12(16)13(2)3/h10-11,15H,4-9H2,1-3H3. The molecule has 0 bridgehead atoms. The summed E-state index contributed by atoms with van der Waals surface area (Å²) in [5, 5.41) is 9.44. The van der Waals surface area contributed by atoms with Gasteiger partial charge in [-0.05, 0) is 32.7 Å². The minimum absolute atomic E-state index is 0.150. The molecule has 0 spiro atoms. The van der Waals surface area contributed by atoms with Gasteiger partial charge >= 0.3 is 0 Å². The van der Waals surface area contributed by atoms with Crippen molar-refractivity contribution in [3.63, 3.8) is 0 Å². The first kappa shape index (κ1) is 13.5. The first-order valence-corrected chi connectivity index (χ1v) is 6.13. The molecule has 0 aromatic rings. The number of carbonyl (C=O) groups excluding carboxylic acids is 1. The van der Waals surface area contributed by atoms with E-state index >= 15 is 0 Å². The Labute approximate surface area is 98.2 Å². The molecule has 1 saturated heterocycles. The number of piperidine rings is 1. The van der Waals surface area contributed by atoms with Crippen LogP contribution in [0.3, 0.4) is 0 Å². The predicted molar refractivity (Wildman–Crippen MR) is 64.2 cm³/mol. The molecule has 0 aromatic heterocycles. The van der Waals surface area contributed by atoms with E-state index in [9.17, 15) is 9.90 Å². The Morgan fingerprint density at radius 1 is 1.50 bits per heavy atom. The van der Waals surface area contributed by atoms with Crippen LogP contribution in [0.4, 0.5) is 0 Å². The molecule has 0 aliphatic carbocycles. The van der Waals surface area contributed by atoms with Crippen molar-refractivity contribution in [2.45, 2.75) is 44.8 Å². The van der Waals surface area contributed by atoms with Gasteiger partial charge in [-0.1, -0.05) is 6.42 Å². The fourth-order valence-electron chi connectivity index (χ4n) is 2.24. The molecule has 1 rings (SSSR count). The summed E-state index contributed by atoms with van der Waals surface area (Å²) in [4.78, 5) is 15.5. The average molecular weight is 228 g/mol. The molecule has 4 nitrogen and oxygen atoms in total. The van der Waals surface area contributed by atoms with E-state index in [0.29, 0.717) is 12.6 Å². The van der Waals surface area contributed by atoms with Gasteiger partial charge in [0.15, 0.2) is 0 Å². The summed E-state index contributed by atoms with van der Waals surface area (Å²) in [5.74, 6) is 0.150. The van der Waals surface area contributed by atoms with Crippen molar-refractivity contribution in [1.82, 2.24) is 9.80 Å². The van der Waals surface area contributed by atoms with Crippen molar-refractivity contribution < 1.29 is 9.90 Å². The highest BCUT2D eigenvalue weighted by Gasteiger charge is 2.25. The fraction of sp³-hybridized carbons (Fsp3) is 0.917. The van der Waals surface area contributed by atoms with Gasteiger partial charge in [0, 0.05) is 20.1 Å². The maximum absolute atomic E-state index is 11.7. The summed E-state index contributed by atoms with van der Waals surface area (Å²) in [5.41, 5.74) is 0. The second kappa shape index (κ2) is 6.21. The molecule has 0 radical (unpaired) electrons. The molecule has 16 heavy (non-hydrogen) atoms. The normalized spacial score (nSPS) is 24.1. The Bertz CT molecular complexity index is 229. The summed E-state index contributed by atoms with van der Waals surface area (Å²) in [7, 11) is 3.58. The van der Waals surface area contributed by atoms with Crippen molar-refractivity contribution in [1.29, 1.82) is 0 Å². The lowest BCUT2D eigenvalue weighted by molar-refractivity contribution is -0.131. The number of hydrogen-bond acceptors (Lipinski definition) is 3. The lowest BCUT2D eigenvalue weighted by Gasteiger charge is -2.36. The van der Waals surface area contributed by atoms with Crippen LogP contribution in [-0.4, -0.2) is 60.1 Å². The number of hydrogen-bond donors (Lipinski definition) is 1. The maximum atomic E-state index is 11.7. The summed E-state index contributed by atoms with van der Waals surface area (Å²) in [6.45, 7) is 3.29. The molecule has 0 aromatic carbocycles. The Morgan fingerprint density at radius 3 is 2.75 bits per heavy atom. The minimum Gasteiger partial charge on any atom is -0.393 e. The first-order chi connectivity index (χ1) is 7.50. The van der Waals surface area contributed by atoms with Crippen LogP contribution in [0, 0.1) is 0 Å². The van der Waals surface area contributed by atoms with Crippen LogP contribution in [0.15, 0.2) is 0 Å². The Hall–Kier alpha value is -0.610. The predicted octanol–water partition coefficient (Wildman–Crippen LogP) is 0.700. The molecule has 1 aliphatic rings. The minimum atomic E-state index is -0.278. The summed E-state index contributed by atoms with van der Waals surface area (Å²) in [6.07, 6.45) is 3.98. The summed E-state index contributed by atoms with van der Waals surface area (Å²) in [6, 6.07) is 0.373. The zero-order valence-corrected chi connectivity index (χ0v) is 10.6. The number of rotatable bonds is 4. The van der Waals surface area contributed by atoms with Crippen molar-refractivity contribution in [3.05, 3.63) is 0 Å². The third kappa shape index (κ3) is 4.10. The molecular formula is C12H24N2O2. The highest BCUT2D eigenvalue weighted by Crippen LogP contribution is 2.20. The van der Waals surface area contributed by atoms with Crippen molar-refractivity contribution in [3.8, 4) is 0 Å². The molecule has 1 fully saturated rings. The third-order valence-corrected chi connectivity index (χ3v) is 3.20. The van der Waals surface area contributed by atoms with Gasteiger partial charge < -0.3 is 10.0 Å². The van der Waals surface area contributed by atoms with Crippen LogP contribution in [0.5, 0.6) is 0 Å². The molecule has 2 atom stereocenters. The monoisotopic (exact) mass is 228 g/mol. The van der Waals surface area contributed by atoms with Crippen LogP contribution in [0.2, 0.25) is 0 Å². The van der Waals surface area contributed by atoms with Crippen molar-refractivity contribution in [2.24, 2.45) is 0 Å². The Balaban J connectivity index is 2.49. The zero-order chi connectivity index (χ0) is 12.1. The number of likely N-dealkylation sites (tertiary alicyclic amines) is 1. The molecule has 4 heteroatoms. The van der Waals surface area contributed by atoms with E-state index in [0.717, 1.165) is 25.8 Å². The zero-order valence-electron chi connectivity index (χ0n) is 10.6. The first-order valence-electron chi connectivity index (χ1n) is 6.13. The number of aliphatic hydroxyl groups is 1. The van der Waals surface area contributed by atoms with Gasteiger partial charge in [0.1, 0.15) is 0 Å². The van der Waals surface area contributed by atoms with Crippen LogP contribution < -0.4 is 0 Å². The van der Waals surface area contributed by atoms with Crippen molar-refractivity contribution in [2.75, 3.05) is 27.2 Å².